The Balaban J connectivity index is 1.47. The number of aliphatic hydroxyl groups is 2. The van der Waals surface area contributed by atoms with Crippen LogP contribution in [-0.2, 0) is 11.2 Å². The minimum absolute atomic E-state index is 0.0975. The zero-order chi connectivity index (χ0) is 22.5. The predicted octanol–water partition coefficient (Wildman–Crippen LogP) is 4.00. The number of hydrogen-bond acceptors (Lipinski definition) is 5. The number of aliphatic hydroxyl groups excluding tert-OH is 2. The number of aryl methyl sites for hydroxylation is 1. The summed E-state index contributed by atoms with van der Waals surface area (Å²) in [5.74, 6) is 6.13. The molecule has 2 aromatic carbocycles. The van der Waals surface area contributed by atoms with Gasteiger partial charge in [-0.2, -0.15) is 5.10 Å². The van der Waals surface area contributed by atoms with Crippen LogP contribution >= 0.6 is 11.6 Å². The van der Waals surface area contributed by atoms with Crippen LogP contribution in [0.4, 0.5) is 0 Å². The van der Waals surface area contributed by atoms with Crippen molar-refractivity contribution in [1.82, 2.24) is 10.2 Å². The van der Waals surface area contributed by atoms with Gasteiger partial charge in [0.1, 0.15) is 5.69 Å². The molecule has 0 aliphatic carbocycles. The Morgan fingerprint density at radius 1 is 1.03 bits per heavy atom. The fraction of sp³-hybridized carbons (Fsp3) is 0.308. The Morgan fingerprint density at radius 3 is 2.56 bits per heavy atom. The molecule has 1 aliphatic rings. The van der Waals surface area contributed by atoms with Gasteiger partial charge in [0.05, 0.1) is 30.6 Å². The molecule has 0 bridgehead atoms. The van der Waals surface area contributed by atoms with Gasteiger partial charge in [-0.05, 0) is 66.3 Å². The van der Waals surface area contributed by atoms with Crippen LogP contribution in [0.5, 0.6) is 0 Å². The molecule has 2 heterocycles. The van der Waals surface area contributed by atoms with Crippen LogP contribution in [0.3, 0.4) is 0 Å². The zero-order valence-electron chi connectivity index (χ0n) is 17.8. The number of benzene rings is 2. The summed E-state index contributed by atoms with van der Waals surface area (Å²) in [6.07, 6.45) is 0.555. The molecule has 4 rings (SSSR count). The molecular formula is C26H25ClN2O3. The summed E-state index contributed by atoms with van der Waals surface area (Å²) in [6.45, 7) is 1.79. The SMILES string of the molecule is Cc1ccc(C#Cc2ccc(Cc3cc([C@H]4C[C@@H](O)C[C@@H](CO)O4)ccc3Cl)cc2)nn1. The van der Waals surface area contributed by atoms with Gasteiger partial charge in [-0.3, -0.25) is 0 Å². The predicted molar refractivity (Wildman–Crippen MR) is 123 cm³/mol. The van der Waals surface area contributed by atoms with E-state index >= 15 is 0 Å². The van der Waals surface area contributed by atoms with Crippen molar-refractivity contribution in [3.05, 3.63) is 93.3 Å². The highest BCUT2D eigenvalue weighted by atomic mass is 35.5. The fourth-order valence-corrected chi connectivity index (χ4v) is 3.96. The van der Waals surface area contributed by atoms with Crippen molar-refractivity contribution in [3.63, 3.8) is 0 Å². The zero-order valence-corrected chi connectivity index (χ0v) is 18.6. The van der Waals surface area contributed by atoms with Gasteiger partial charge in [-0.1, -0.05) is 41.8 Å². The van der Waals surface area contributed by atoms with Crippen LogP contribution in [-0.4, -0.2) is 39.2 Å². The van der Waals surface area contributed by atoms with Gasteiger partial charge in [0.25, 0.3) is 0 Å². The molecule has 0 saturated carbocycles. The van der Waals surface area contributed by atoms with Crippen molar-refractivity contribution >= 4 is 11.6 Å². The summed E-state index contributed by atoms with van der Waals surface area (Å²) >= 11 is 6.46. The van der Waals surface area contributed by atoms with Crippen molar-refractivity contribution in [3.8, 4) is 11.8 Å². The fourth-order valence-electron chi connectivity index (χ4n) is 3.78. The van der Waals surface area contributed by atoms with Crippen LogP contribution < -0.4 is 0 Å². The Labute approximate surface area is 193 Å². The minimum Gasteiger partial charge on any atom is -0.394 e. The van der Waals surface area contributed by atoms with Crippen molar-refractivity contribution in [2.75, 3.05) is 6.61 Å². The third-order valence-electron chi connectivity index (χ3n) is 5.50. The van der Waals surface area contributed by atoms with E-state index in [4.69, 9.17) is 16.3 Å². The molecule has 0 amide bonds. The molecular weight excluding hydrogens is 424 g/mol. The van der Waals surface area contributed by atoms with Crippen molar-refractivity contribution in [1.29, 1.82) is 0 Å². The van der Waals surface area contributed by atoms with E-state index < -0.39 is 6.10 Å². The molecule has 5 nitrogen and oxygen atoms in total. The van der Waals surface area contributed by atoms with Crippen molar-refractivity contribution in [2.45, 2.75) is 44.5 Å². The third kappa shape index (κ3) is 5.73. The number of ether oxygens (including phenoxy) is 1. The molecule has 164 valence electrons. The number of aromatic nitrogens is 2. The standard InChI is InChI=1S/C26H25ClN2O3/c1-17-2-9-22(29-28-17)10-7-18-3-5-19(6-4-18)12-21-13-20(8-11-25(21)27)26-15-23(31)14-24(16-30)32-26/h2-6,8-9,11,13,23-24,26,30-31H,12,14-16H2,1H3/t23-,24-,26+/m0/s1. The lowest BCUT2D eigenvalue weighted by atomic mass is 9.94. The second kappa shape index (κ2) is 10.2. The summed E-state index contributed by atoms with van der Waals surface area (Å²) < 4.78 is 5.94. The van der Waals surface area contributed by atoms with Gasteiger partial charge in [0.15, 0.2) is 0 Å². The molecule has 2 N–H and O–H groups in total. The Kier molecular flexibility index (Phi) is 7.19. The summed E-state index contributed by atoms with van der Waals surface area (Å²) in [5.41, 5.74) is 5.47. The highest BCUT2D eigenvalue weighted by molar-refractivity contribution is 6.31. The second-order valence-electron chi connectivity index (χ2n) is 8.09. The first-order valence-electron chi connectivity index (χ1n) is 10.6. The summed E-state index contributed by atoms with van der Waals surface area (Å²) in [5, 5.41) is 28.3. The molecule has 6 heteroatoms. The average molecular weight is 449 g/mol. The first-order chi connectivity index (χ1) is 15.5. The summed E-state index contributed by atoms with van der Waals surface area (Å²) in [4.78, 5) is 0. The van der Waals surface area contributed by atoms with Crippen LogP contribution in [0.1, 0.15) is 52.6 Å². The van der Waals surface area contributed by atoms with Crippen molar-refractivity contribution in [2.24, 2.45) is 0 Å². The lowest BCUT2D eigenvalue weighted by Crippen LogP contribution is -2.33. The Hall–Kier alpha value is -2.75. The molecule has 1 aliphatic heterocycles. The maximum Gasteiger partial charge on any atom is 0.136 e. The first kappa shape index (κ1) is 22.4. The molecule has 0 radical (unpaired) electrons. The van der Waals surface area contributed by atoms with Crippen LogP contribution in [0.2, 0.25) is 5.02 Å². The molecule has 1 fully saturated rings. The van der Waals surface area contributed by atoms with Gasteiger partial charge >= 0.3 is 0 Å². The maximum absolute atomic E-state index is 10.1. The van der Waals surface area contributed by atoms with E-state index in [1.807, 2.05) is 61.5 Å². The molecule has 0 spiro atoms. The number of nitrogens with zero attached hydrogens (tertiary/aromatic N) is 2. The number of rotatable bonds is 4. The van der Waals surface area contributed by atoms with E-state index in [0.717, 1.165) is 27.9 Å². The summed E-state index contributed by atoms with van der Waals surface area (Å²) in [6, 6.07) is 17.6. The normalized spacial score (nSPS) is 20.4. The van der Waals surface area contributed by atoms with Crippen LogP contribution in [0.25, 0.3) is 0 Å². The average Bonchev–Trinajstić information content (AvgIpc) is 2.80. The maximum atomic E-state index is 10.1. The first-order valence-corrected chi connectivity index (χ1v) is 11.0. The monoisotopic (exact) mass is 448 g/mol. The topological polar surface area (TPSA) is 75.5 Å². The minimum atomic E-state index is -0.482. The molecule has 1 saturated heterocycles. The molecule has 32 heavy (non-hydrogen) atoms. The Morgan fingerprint density at radius 2 is 1.84 bits per heavy atom. The largest absolute Gasteiger partial charge is 0.394 e. The number of hydrogen-bond donors (Lipinski definition) is 2. The van der Waals surface area contributed by atoms with Gasteiger partial charge < -0.3 is 14.9 Å². The quantitative estimate of drug-likeness (QED) is 0.590. The van der Waals surface area contributed by atoms with E-state index in [0.29, 0.717) is 30.0 Å². The molecule has 1 aromatic heterocycles. The summed E-state index contributed by atoms with van der Waals surface area (Å²) in [7, 11) is 0. The van der Waals surface area contributed by atoms with Gasteiger partial charge in [-0.25, -0.2) is 0 Å². The van der Waals surface area contributed by atoms with E-state index in [9.17, 15) is 10.2 Å². The van der Waals surface area contributed by atoms with E-state index in [1.54, 1.807) is 0 Å². The van der Waals surface area contributed by atoms with Gasteiger partial charge in [0, 0.05) is 23.4 Å². The number of halogens is 1. The lowest BCUT2D eigenvalue weighted by Gasteiger charge is -2.32. The molecule has 3 atom stereocenters. The Bertz CT molecular complexity index is 1120. The lowest BCUT2D eigenvalue weighted by molar-refractivity contribution is -0.113. The van der Waals surface area contributed by atoms with E-state index in [-0.39, 0.29) is 18.8 Å². The van der Waals surface area contributed by atoms with Gasteiger partial charge in [0.2, 0.25) is 0 Å². The third-order valence-corrected chi connectivity index (χ3v) is 5.87. The molecule has 3 aromatic rings. The van der Waals surface area contributed by atoms with E-state index in [1.165, 1.54) is 0 Å². The van der Waals surface area contributed by atoms with Crippen LogP contribution in [0.15, 0.2) is 54.6 Å². The van der Waals surface area contributed by atoms with E-state index in [2.05, 4.69) is 22.0 Å². The van der Waals surface area contributed by atoms with Gasteiger partial charge in [-0.15, -0.1) is 5.10 Å². The highest BCUT2D eigenvalue weighted by Gasteiger charge is 2.29. The molecule has 0 unspecified atom stereocenters. The highest BCUT2D eigenvalue weighted by Crippen LogP contribution is 2.33. The van der Waals surface area contributed by atoms with Crippen molar-refractivity contribution < 1.29 is 14.9 Å². The van der Waals surface area contributed by atoms with Crippen LogP contribution in [0, 0.1) is 18.8 Å². The second-order valence-corrected chi connectivity index (χ2v) is 8.50. The smallest absolute Gasteiger partial charge is 0.136 e.